The molecule has 12 aromatic rings. The van der Waals surface area contributed by atoms with E-state index in [1.807, 2.05) is 48.5 Å². The number of aliphatic hydroxyl groups excluding tert-OH is 1. The molecule has 0 atom stereocenters. The van der Waals surface area contributed by atoms with Crippen LogP contribution in [0.2, 0.25) is 0 Å². The molecule has 594 valence electrons. The summed E-state index contributed by atoms with van der Waals surface area (Å²) in [6.45, 7) is 11.7. The fourth-order valence-corrected chi connectivity index (χ4v) is 15.3. The van der Waals surface area contributed by atoms with Crippen LogP contribution in [0.15, 0.2) is 255 Å². The number of fused-ring (bicyclic) bond motifs is 4. The molecule has 12 aromatic carbocycles. The highest BCUT2D eigenvalue weighted by Crippen LogP contribution is 2.43. The van der Waals surface area contributed by atoms with Crippen LogP contribution in [0, 0.1) is 33.5 Å². The molecule has 0 fully saturated rings. The third-order valence-electron chi connectivity index (χ3n) is 21.6. The van der Waals surface area contributed by atoms with Gasteiger partial charge in [0.05, 0.1) is 49.3 Å². The summed E-state index contributed by atoms with van der Waals surface area (Å²) in [6, 6.07) is 82.0. The molecule has 4 aliphatic carbocycles. The molecule has 0 radical (unpaired) electrons. The summed E-state index contributed by atoms with van der Waals surface area (Å²) in [5, 5.41) is 18.4. The summed E-state index contributed by atoms with van der Waals surface area (Å²) in [5.41, 5.74) is 32.1. The van der Waals surface area contributed by atoms with Crippen LogP contribution in [0.4, 0.5) is 4.39 Å². The summed E-state index contributed by atoms with van der Waals surface area (Å²) in [5.74, 6) is 6.71. The number of aliphatic hydroxyl groups is 1. The van der Waals surface area contributed by atoms with Gasteiger partial charge in [0.15, 0.2) is 0 Å². The Morgan fingerprint density at radius 2 is 0.793 bits per heavy atom. The number of phenolic OH excluding ortho intramolecular Hbond substituents is 1. The van der Waals surface area contributed by atoms with E-state index in [4.69, 9.17) is 43.0 Å². The number of allylic oxidation sites excluding steroid dienone is 6. The Balaban J connectivity index is 0.000000139. The first kappa shape index (κ1) is 83.1. The van der Waals surface area contributed by atoms with Crippen molar-refractivity contribution in [1.82, 2.24) is 0 Å². The number of aromatic hydroxyl groups is 1. The Kier molecular flexibility index (Phi) is 29.1. The third-order valence-corrected chi connectivity index (χ3v) is 21.6. The van der Waals surface area contributed by atoms with Gasteiger partial charge in [0.25, 0.3) is 0 Å². The number of benzene rings is 12. The maximum Gasteiger partial charge on any atom is 0.127 e. The number of rotatable bonds is 23. The summed E-state index contributed by atoms with van der Waals surface area (Å²) in [7, 11) is 9.94. The first-order valence-corrected chi connectivity index (χ1v) is 39.9. The molecule has 0 aromatic heterocycles. The van der Waals surface area contributed by atoms with Crippen molar-refractivity contribution in [3.8, 4) is 51.7 Å². The van der Waals surface area contributed by atoms with Crippen molar-refractivity contribution >= 4 is 34.4 Å². The predicted molar refractivity (Wildman–Crippen MR) is 472 cm³/mol. The van der Waals surface area contributed by atoms with Crippen LogP contribution in [-0.2, 0) is 77.6 Å². The minimum absolute atomic E-state index is 0.0413. The van der Waals surface area contributed by atoms with E-state index in [0.717, 1.165) is 139 Å². The van der Waals surface area contributed by atoms with E-state index in [-0.39, 0.29) is 18.2 Å². The third kappa shape index (κ3) is 22.4. The average Bonchev–Trinajstić information content (AvgIpc) is 1.64. The second-order valence-corrected chi connectivity index (χ2v) is 30.0. The molecule has 0 amide bonds. The van der Waals surface area contributed by atoms with Crippen molar-refractivity contribution in [1.29, 1.82) is 0 Å². The van der Waals surface area contributed by atoms with Crippen molar-refractivity contribution in [3.05, 3.63) is 383 Å². The minimum atomic E-state index is -0.117. The lowest BCUT2D eigenvalue weighted by molar-refractivity contribution is 0.281. The van der Waals surface area contributed by atoms with Gasteiger partial charge in [-0.05, 0) is 289 Å². The molecule has 2 N–H and O–H groups in total. The Bertz CT molecular complexity index is 5390. The number of halogens is 1. The molecule has 0 bridgehead atoms. The van der Waals surface area contributed by atoms with E-state index in [1.165, 1.54) is 111 Å². The van der Waals surface area contributed by atoms with E-state index < -0.39 is 0 Å². The fourth-order valence-electron chi connectivity index (χ4n) is 15.3. The topological polar surface area (TPSA) is 114 Å². The van der Waals surface area contributed by atoms with Crippen molar-refractivity contribution in [2.24, 2.45) is 0 Å². The molecule has 0 saturated carbocycles. The van der Waals surface area contributed by atoms with Crippen molar-refractivity contribution < 1.29 is 52.5 Å². The lowest BCUT2D eigenvalue weighted by Crippen LogP contribution is -2.00. The zero-order valence-electron chi connectivity index (χ0n) is 68.8. The maximum atomic E-state index is 14.5. The second-order valence-electron chi connectivity index (χ2n) is 30.0. The van der Waals surface area contributed by atoms with Gasteiger partial charge in [-0.15, -0.1) is 0 Å². The standard InChI is InChI=1S/C27H27FO2.C27H28O2.C26H26O3.C18H18O.C7H8O2/c1-18-3-5-19(6-4-18)7-8-22-10-12-26(28)25-11-9-23(27(22)25)14-20-13-21(17-29)16-24(15-20)30-2;1-19-7-9-20(10-8-19)11-12-22-5-4-6-23-13-14-24(27(22)23)15-21-16-25(28-2)18-26(17-21)29-3;1-18-7-9-19(10-8-18)17-29-25-6-4-5-21-11-12-22(26(21)25)13-20-14-23(27-2)16-24(15-20)28-3;1-13-6-9-15(10-7-13)12-19-17-5-3-4-16-11-8-14(2)18(16)17;1-9-7-4-2-3-6(8)5-7/h3-6,10,12-16,29H,7-9,11,17H2,1-2H3;4-10,14,16-18H,11-13,15H2,1-3H3;4-10,13-16H,11-12,17H2,1-3H3;3-10H,11-12H2,1-2H3;2-5,8H,1H3/b23-14+;;22-13+;;. The number of hydrogen-bond acceptors (Lipinski definition) is 10. The number of ether oxygens (including phenoxy) is 8. The quantitative estimate of drug-likeness (QED) is 0.0642. The molecule has 4 aliphatic rings. The van der Waals surface area contributed by atoms with Crippen LogP contribution in [0.25, 0.3) is 34.4 Å². The minimum Gasteiger partial charge on any atom is -0.508 e. The highest BCUT2D eigenvalue weighted by atomic mass is 19.1. The van der Waals surface area contributed by atoms with Crippen molar-refractivity contribution in [2.45, 2.75) is 125 Å². The Morgan fingerprint density at radius 3 is 1.32 bits per heavy atom. The Labute approximate surface area is 685 Å². The molecule has 116 heavy (non-hydrogen) atoms. The van der Waals surface area contributed by atoms with Crippen LogP contribution in [0.1, 0.15) is 142 Å². The molecule has 10 nitrogen and oxygen atoms in total. The molecule has 16 rings (SSSR count). The van der Waals surface area contributed by atoms with Crippen LogP contribution in [0.5, 0.6) is 51.7 Å². The van der Waals surface area contributed by atoms with Gasteiger partial charge in [-0.1, -0.05) is 198 Å². The van der Waals surface area contributed by atoms with Crippen LogP contribution < -0.4 is 37.9 Å². The van der Waals surface area contributed by atoms with Crippen LogP contribution in [-0.4, -0.2) is 52.9 Å². The highest BCUT2D eigenvalue weighted by molar-refractivity contribution is 5.89. The highest BCUT2D eigenvalue weighted by Gasteiger charge is 2.26. The summed E-state index contributed by atoms with van der Waals surface area (Å²) < 4.78 is 58.7. The van der Waals surface area contributed by atoms with Gasteiger partial charge in [-0.2, -0.15) is 0 Å². The number of hydrogen-bond donors (Lipinski definition) is 2. The SMILES string of the molecule is CC1=CCc2cccc(OCc3ccc(C)cc3)c21.COc1cc(/C=C2\CCc3c(F)ccc(CCc4ccc(C)cc4)c32)cc(CO)c1.COc1cc(/C=C2\CCc3cccc(OCc4ccc(C)cc4)c32)cc(OC)c1.COc1cc(CC2=CCc3cccc(CCc4ccc(C)cc4)c32)cc(OC)c1.COc1cccc(O)c1. The number of phenols is 1. The second kappa shape index (κ2) is 40.6. The van der Waals surface area contributed by atoms with E-state index in [2.05, 4.69) is 223 Å². The molecular weight excluding hydrogens is 1440 g/mol. The lowest BCUT2D eigenvalue weighted by Gasteiger charge is -2.14. The van der Waals surface area contributed by atoms with Gasteiger partial charge in [0.1, 0.15) is 70.8 Å². The average molecular weight is 1550 g/mol. The largest absolute Gasteiger partial charge is 0.508 e. The van der Waals surface area contributed by atoms with Crippen molar-refractivity contribution in [2.75, 3.05) is 42.7 Å². The summed E-state index contributed by atoms with van der Waals surface area (Å²) >= 11 is 0. The molecular formula is C105H107FO10. The van der Waals surface area contributed by atoms with Gasteiger partial charge in [-0.3, -0.25) is 0 Å². The van der Waals surface area contributed by atoms with Gasteiger partial charge in [-0.25, -0.2) is 4.39 Å². The number of methoxy groups -OCH3 is 6. The van der Waals surface area contributed by atoms with E-state index in [0.29, 0.717) is 24.7 Å². The van der Waals surface area contributed by atoms with Gasteiger partial charge < -0.3 is 48.1 Å². The maximum absolute atomic E-state index is 14.5. The van der Waals surface area contributed by atoms with Gasteiger partial charge in [0.2, 0.25) is 0 Å². The van der Waals surface area contributed by atoms with Crippen molar-refractivity contribution in [3.63, 3.8) is 0 Å². The Morgan fingerprint density at radius 1 is 0.353 bits per heavy atom. The monoisotopic (exact) mass is 1550 g/mol. The van der Waals surface area contributed by atoms with E-state index >= 15 is 0 Å². The molecule has 0 saturated heterocycles. The van der Waals surface area contributed by atoms with Gasteiger partial charge in [0, 0.05) is 29.3 Å². The Hall–Kier alpha value is -12.3. The smallest absolute Gasteiger partial charge is 0.127 e. The summed E-state index contributed by atoms with van der Waals surface area (Å²) in [4.78, 5) is 0. The number of aryl methyl sites for hydroxylation is 9. The molecule has 0 aliphatic heterocycles. The van der Waals surface area contributed by atoms with Crippen LogP contribution >= 0.6 is 0 Å². The first-order valence-electron chi connectivity index (χ1n) is 39.9. The zero-order chi connectivity index (χ0) is 81.5. The first-order chi connectivity index (χ1) is 56.4. The van der Waals surface area contributed by atoms with Crippen LogP contribution in [0.3, 0.4) is 0 Å². The summed E-state index contributed by atoms with van der Waals surface area (Å²) in [6.07, 6.45) is 19.4. The molecule has 11 heteroatoms. The molecule has 0 spiro atoms. The predicted octanol–water partition coefficient (Wildman–Crippen LogP) is 23.9. The van der Waals surface area contributed by atoms with E-state index in [9.17, 15) is 9.50 Å². The normalized spacial score (nSPS) is 13.1. The molecule has 0 heterocycles. The molecule has 0 unspecified atom stereocenters. The fraction of sp³-hybridized carbons (Fsp3) is 0.238. The zero-order valence-corrected chi connectivity index (χ0v) is 68.8. The lowest BCUT2D eigenvalue weighted by atomic mass is 9.91. The van der Waals surface area contributed by atoms with Gasteiger partial charge >= 0.3 is 0 Å². The van der Waals surface area contributed by atoms with E-state index in [1.54, 1.807) is 73.0 Å².